The van der Waals surface area contributed by atoms with Crippen LogP contribution in [0.5, 0.6) is 0 Å². The van der Waals surface area contributed by atoms with Crippen molar-refractivity contribution < 1.29 is 43.6 Å². The predicted octanol–water partition coefficient (Wildman–Crippen LogP) is 4.66. The fourth-order valence-electron chi connectivity index (χ4n) is 13.4. The number of ether oxygens (including phenoxy) is 3. The molecule has 17 unspecified atom stereocenters. The molecule has 0 aromatic heterocycles. The van der Waals surface area contributed by atoms with Crippen molar-refractivity contribution >= 4 is 23.9 Å². The summed E-state index contributed by atoms with van der Waals surface area (Å²) in [6.45, 7) is 10.1. The molecular formula is C38H56O9. The predicted molar refractivity (Wildman–Crippen MR) is 170 cm³/mol. The van der Waals surface area contributed by atoms with Crippen molar-refractivity contribution in [3.8, 4) is 0 Å². The van der Waals surface area contributed by atoms with Gasteiger partial charge in [-0.1, -0.05) is 13.8 Å². The van der Waals surface area contributed by atoms with E-state index in [9.17, 15) is 29.4 Å². The lowest BCUT2D eigenvalue weighted by molar-refractivity contribution is -0.170. The molecule has 1 saturated heterocycles. The van der Waals surface area contributed by atoms with Gasteiger partial charge in [0.15, 0.2) is 0 Å². The monoisotopic (exact) mass is 656 g/mol. The van der Waals surface area contributed by atoms with E-state index in [-0.39, 0.29) is 127 Å². The first-order valence-electron chi connectivity index (χ1n) is 18.7. The third-order valence-corrected chi connectivity index (χ3v) is 14.8. The van der Waals surface area contributed by atoms with Crippen LogP contribution < -0.4 is 0 Å². The van der Waals surface area contributed by atoms with E-state index in [1.54, 1.807) is 0 Å². The number of carbonyl (C=O) groups excluding carboxylic acids is 4. The topological polar surface area (TPSA) is 136 Å². The summed E-state index contributed by atoms with van der Waals surface area (Å²) >= 11 is 0. The third kappa shape index (κ3) is 5.48. The minimum atomic E-state index is -0.598. The summed E-state index contributed by atoms with van der Waals surface area (Å²) < 4.78 is 17.0. The van der Waals surface area contributed by atoms with E-state index < -0.39 is 17.4 Å². The molecule has 0 amide bonds. The number of carbonyl (C=O) groups is 4. The highest BCUT2D eigenvalue weighted by molar-refractivity contribution is 5.97. The van der Waals surface area contributed by atoms with Crippen LogP contribution >= 0.6 is 0 Å². The normalized spacial score (nSPS) is 48.5. The summed E-state index contributed by atoms with van der Waals surface area (Å²) in [5.74, 6) is -0.568. The number of rotatable bonds is 8. The molecule has 17 atom stereocenters. The molecule has 0 spiro atoms. The van der Waals surface area contributed by atoms with Gasteiger partial charge in [-0.15, -0.1) is 0 Å². The highest BCUT2D eigenvalue weighted by Gasteiger charge is 2.68. The number of aliphatic hydroxyl groups is 2. The first kappa shape index (κ1) is 33.5. The summed E-state index contributed by atoms with van der Waals surface area (Å²) in [7, 11) is 0. The Morgan fingerprint density at radius 2 is 1.36 bits per heavy atom. The maximum atomic E-state index is 14.0. The van der Waals surface area contributed by atoms with Crippen LogP contribution in [0.3, 0.4) is 0 Å². The highest BCUT2D eigenvalue weighted by atomic mass is 16.6. The van der Waals surface area contributed by atoms with Crippen LogP contribution in [0.2, 0.25) is 0 Å². The van der Waals surface area contributed by atoms with Gasteiger partial charge in [0.2, 0.25) is 0 Å². The Kier molecular flexibility index (Phi) is 8.84. The van der Waals surface area contributed by atoms with E-state index in [4.69, 9.17) is 14.2 Å². The number of hydrogen-bond donors (Lipinski definition) is 2. The zero-order chi connectivity index (χ0) is 33.5. The second-order valence-electron chi connectivity index (χ2n) is 17.8. The van der Waals surface area contributed by atoms with E-state index in [2.05, 4.69) is 13.8 Å². The molecule has 0 radical (unpaired) electrons. The summed E-state index contributed by atoms with van der Waals surface area (Å²) in [5, 5.41) is 19.6. The summed E-state index contributed by atoms with van der Waals surface area (Å²) in [6.07, 6.45) is 7.26. The minimum Gasteiger partial charge on any atom is -0.463 e. The van der Waals surface area contributed by atoms with E-state index in [1.807, 2.05) is 20.8 Å². The lowest BCUT2D eigenvalue weighted by Gasteiger charge is -2.57. The van der Waals surface area contributed by atoms with E-state index >= 15 is 0 Å². The number of cyclic esters (lactones) is 2. The molecule has 8 aliphatic carbocycles. The standard InChI is InChI=1S/C38H56O9/c1-17-19-6-9-24(22(12-19)16-40)29(17)32-33(37(44)46-36(32)43)30-21-14-25(27(15-21)35(42)47-38(3,4)5)31(30)28-18(2)23-8-7-20(28)13-26(23)34(41)45-11-10-39/h17-33,39-40H,6-16H2,1-5H3. The maximum Gasteiger partial charge on any atom is 0.317 e. The average molecular weight is 657 g/mol. The first-order chi connectivity index (χ1) is 22.3. The van der Waals surface area contributed by atoms with Crippen LogP contribution in [0.1, 0.15) is 86.0 Å². The molecule has 9 rings (SSSR count). The van der Waals surface area contributed by atoms with Crippen molar-refractivity contribution in [1.29, 1.82) is 0 Å². The number of aliphatic hydroxyl groups excluding tert-OH is 2. The van der Waals surface area contributed by atoms with Crippen LogP contribution in [0.15, 0.2) is 0 Å². The van der Waals surface area contributed by atoms with Gasteiger partial charge in [-0.3, -0.25) is 19.2 Å². The van der Waals surface area contributed by atoms with Gasteiger partial charge in [0.1, 0.15) is 12.2 Å². The van der Waals surface area contributed by atoms with Crippen LogP contribution in [0, 0.1) is 101 Å². The van der Waals surface area contributed by atoms with Crippen LogP contribution in [-0.2, 0) is 33.4 Å². The van der Waals surface area contributed by atoms with Gasteiger partial charge in [-0.25, -0.2) is 0 Å². The molecule has 9 aliphatic rings. The van der Waals surface area contributed by atoms with Gasteiger partial charge in [-0.05, 0) is 149 Å². The molecule has 0 aromatic rings. The molecule has 6 bridgehead atoms. The summed E-state index contributed by atoms with van der Waals surface area (Å²) in [5.41, 5.74) is -0.598. The molecule has 262 valence electrons. The Morgan fingerprint density at radius 1 is 0.723 bits per heavy atom. The van der Waals surface area contributed by atoms with Crippen LogP contribution in [-0.4, -0.2) is 59.5 Å². The fraction of sp³-hybridized carbons (Fsp3) is 0.895. The van der Waals surface area contributed by atoms with Crippen molar-refractivity contribution in [2.45, 2.75) is 91.6 Å². The summed E-state index contributed by atoms with van der Waals surface area (Å²) in [4.78, 5) is 54.7. The minimum absolute atomic E-state index is 0.00827. The zero-order valence-electron chi connectivity index (χ0n) is 28.8. The second-order valence-corrected chi connectivity index (χ2v) is 17.8. The van der Waals surface area contributed by atoms with E-state index in [1.165, 1.54) is 0 Å². The van der Waals surface area contributed by atoms with Crippen molar-refractivity contribution in [2.24, 2.45) is 101 Å². The Labute approximate surface area is 279 Å². The zero-order valence-corrected chi connectivity index (χ0v) is 28.8. The van der Waals surface area contributed by atoms with Gasteiger partial charge in [0.25, 0.3) is 0 Å². The number of esters is 4. The second kappa shape index (κ2) is 12.4. The maximum absolute atomic E-state index is 14.0. The van der Waals surface area contributed by atoms with Gasteiger partial charge < -0.3 is 24.4 Å². The molecule has 0 aromatic carbocycles. The van der Waals surface area contributed by atoms with E-state index in [0.717, 1.165) is 44.9 Å². The summed E-state index contributed by atoms with van der Waals surface area (Å²) in [6, 6.07) is 0. The Hall–Kier alpha value is -2.00. The SMILES string of the molecule is CC1C2CCC(C(CO)C2)C1C1C(=O)OC(=O)C1C1C2CC(C(=O)OC(C)(C)C)C(C2)C1C1C2CCC(C(C(=O)OCCO)C2)C1C. The largest absolute Gasteiger partial charge is 0.463 e. The highest BCUT2D eigenvalue weighted by Crippen LogP contribution is 2.68. The lowest BCUT2D eigenvalue weighted by Crippen LogP contribution is -2.55. The smallest absolute Gasteiger partial charge is 0.317 e. The fourth-order valence-corrected chi connectivity index (χ4v) is 13.4. The molecule has 8 saturated carbocycles. The Balaban J connectivity index is 1.24. The molecule has 1 heterocycles. The number of fused-ring (bicyclic) bond motifs is 8. The molecular weight excluding hydrogens is 600 g/mol. The molecule has 47 heavy (non-hydrogen) atoms. The van der Waals surface area contributed by atoms with Gasteiger partial charge in [0, 0.05) is 6.61 Å². The van der Waals surface area contributed by atoms with Crippen LogP contribution in [0.4, 0.5) is 0 Å². The molecule has 2 N–H and O–H groups in total. The lowest BCUT2D eigenvalue weighted by atomic mass is 9.46. The van der Waals surface area contributed by atoms with Crippen molar-refractivity contribution in [2.75, 3.05) is 19.8 Å². The quantitative estimate of drug-likeness (QED) is 0.217. The van der Waals surface area contributed by atoms with Gasteiger partial charge >= 0.3 is 23.9 Å². The van der Waals surface area contributed by atoms with Crippen molar-refractivity contribution in [3.63, 3.8) is 0 Å². The van der Waals surface area contributed by atoms with Crippen molar-refractivity contribution in [1.82, 2.24) is 0 Å². The Morgan fingerprint density at radius 3 is 2.02 bits per heavy atom. The molecule has 1 aliphatic heterocycles. The van der Waals surface area contributed by atoms with Crippen molar-refractivity contribution in [3.05, 3.63) is 0 Å². The first-order valence-corrected chi connectivity index (χ1v) is 18.7. The third-order valence-electron chi connectivity index (χ3n) is 14.8. The molecule has 9 nitrogen and oxygen atoms in total. The Bertz CT molecular complexity index is 1250. The number of hydrogen-bond acceptors (Lipinski definition) is 9. The van der Waals surface area contributed by atoms with Crippen LogP contribution in [0.25, 0.3) is 0 Å². The average Bonchev–Trinajstić information content (AvgIpc) is 3.70. The van der Waals surface area contributed by atoms with Gasteiger partial charge in [0.05, 0.1) is 30.3 Å². The van der Waals surface area contributed by atoms with Gasteiger partial charge in [-0.2, -0.15) is 0 Å². The van der Waals surface area contributed by atoms with E-state index in [0.29, 0.717) is 12.3 Å². The molecule has 9 fully saturated rings. The molecule has 9 heteroatoms.